The van der Waals surface area contributed by atoms with Gasteiger partial charge in [-0.15, -0.1) is 6.58 Å². The summed E-state index contributed by atoms with van der Waals surface area (Å²) in [4.78, 5) is 18.1. The predicted octanol–water partition coefficient (Wildman–Crippen LogP) is 6.70. The highest BCUT2D eigenvalue weighted by Crippen LogP contribution is 2.34. The van der Waals surface area contributed by atoms with Crippen LogP contribution in [0.5, 0.6) is 11.5 Å². The molecule has 0 aliphatic rings. The van der Waals surface area contributed by atoms with Crippen molar-refractivity contribution in [2.24, 2.45) is 5.10 Å². The number of rotatable bonds is 11. The number of hydrogen-bond donors (Lipinski definition) is 0. The molecule has 0 saturated heterocycles. The summed E-state index contributed by atoms with van der Waals surface area (Å²) in [6.07, 6.45) is 5.57. The maximum atomic E-state index is 13.3. The van der Waals surface area contributed by atoms with E-state index in [1.165, 1.54) is 4.68 Å². The number of hydrogen-bond acceptors (Lipinski definition) is 5. The molecule has 0 bridgehead atoms. The van der Waals surface area contributed by atoms with E-state index in [1.807, 2.05) is 67.6 Å². The number of halogens is 1. The van der Waals surface area contributed by atoms with Crippen LogP contribution >= 0.6 is 15.9 Å². The second-order valence-electron chi connectivity index (χ2n) is 8.51. The first-order valence-electron chi connectivity index (χ1n) is 12.4. The van der Waals surface area contributed by atoms with E-state index in [0.717, 1.165) is 27.6 Å². The zero-order valence-corrected chi connectivity index (χ0v) is 22.7. The van der Waals surface area contributed by atoms with Crippen molar-refractivity contribution in [2.45, 2.75) is 39.7 Å². The van der Waals surface area contributed by atoms with E-state index in [2.05, 4.69) is 34.5 Å². The van der Waals surface area contributed by atoms with Gasteiger partial charge in [-0.3, -0.25) is 4.79 Å². The molecule has 3 aromatic carbocycles. The zero-order chi connectivity index (χ0) is 26.2. The van der Waals surface area contributed by atoms with Gasteiger partial charge in [0.15, 0.2) is 11.5 Å². The van der Waals surface area contributed by atoms with Crippen molar-refractivity contribution in [3.8, 4) is 11.5 Å². The second kappa shape index (κ2) is 12.5. The fourth-order valence-corrected chi connectivity index (χ4v) is 4.41. The minimum atomic E-state index is -0.204. The van der Waals surface area contributed by atoms with E-state index in [1.54, 1.807) is 12.3 Å². The van der Waals surface area contributed by atoms with Gasteiger partial charge in [-0.1, -0.05) is 59.3 Å². The Morgan fingerprint density at radius 3 is 2.62 bits per heavy atom. The molecule has 0 N–H and O–H groups in total. The van der Waals surface area contributed by atoms with Crippen LogP contribution in [0.2, 0.25) is 0 Å². The van der Waals surface area contributed by atoms with Crippen molar-refractivity contribution in [3.05, 3.63) is 111 Å². The minimum absolute atomic E-state index is 0.204. The Labute approximate surface area is 225 Å². The first kappa shape index (κ1) is 26.4. The van der Waals surface area contributed by atoms with Gasteiger partial charge in [0.1, 0.15) is 12.4 Å². The standard InChI is InChI=1S/C30H30BrN3O3/c1-4-10-23-16-22(17-27(36-6-3)29(23)37-20-21-12-8-7-9-13-21)19-32-34-28(11-5-2)33-26-15-14-24(31)18-25(26)30(34)35/h4,7-9,12-19H,1,5-6,10-11,20H2,2-3H3. The monoisotopic (exact) mass is 559 g/mol. The highest BCUT2D eigenvalue weighted by atomic mass is 79.9. The molecular formula is C30H30BrN3O3. The molecule has 0 aliphatic carbocycles. The molecule has 0 atom stereocenters. The third-order valence-corrected chi connectivity index (χ3v) is 6.21. The van der Waals surface area contributed by atoms with Gasteiger partial charge in [-0.25, -0.2) is 4.98 Å². The molecule has 4 aromatic rings. The average molecular weight is 560 g/mol. The van der Waals surface area contributed by atoms with Gasteiger partial charge in [0.05, 0.1) is 23.7 Å². The quantitative estimate of drug-likeness (QED) is 0.151. The van der Waals surface area contributed by atoms with E-state index in [0.29, 0.717) is 54.3 Å². The van der Waals surface area contributed by atoms with Crippen molar-refractivity contribution >= 4 is 33.0 Å². The smallest absolute Gasteiger partial charge is 0.282 e. The first-order valence-corrected chi connectivity index (χ1v) is 13.2. The van der Waals surface area contributed by atoms with Gasteiger partial charge in [-0.05, 0) is 61.2 Å². The molecule has 0 radical (unpaired) electrons. The summed E-state index contributed by atoms with van der Waals surface area (Å²) in [6.45, 7) is 8.80. The van der Waals surface area contributed by atoms with Crippen LogP contribution in [0.4, 0.5) is 0 Å². The number of aromatic nitrogens is 2. The summed E-state index contributed by atoms with van der Waals surface area (Å²) in [6, 6.07) is 19.4. The fraction of sp³-hybridized carbons (Fsp3) is 0.233. The summed E-state index contributed by atoms with van der Waals surface area (Å²) in [5.41, 5.74) is 3.24. The lowest BCUT2D eigenvalue weighted by atomic mass is 10.1. The van der Waals surface area contributed by atoms with Crippen LogP contribution in [-0.2, 0) is 19.4 Å². The molecule has 6 nitrogen and oxygen atoms in total. The highest BCUT2D eigenvalue weighted by molar-refractivity contribution is 9.10. The molecule has 1 heterocycles. The molecule has 7 heteroatoms. The Morgan fingerprint density at radius 1 is 1.08 bits per heavy atom. The van der Waals surface area contributed by atoms with Gasteiger partial charge in [0.25, 0.3) is 5.56 Å². The number of ether oxygens (including phenoxy) is 2. The van der Waals surface area contributed by atoms with Gasteiger partial charge in [-0.2, -0.15) is 9.78 Å². The van der Waals surface area contributed by atoms with Crippen molar-refractivity contribution < 1.29 is 9.47 Å². The Morgan fingerprint density at radius 2 is 1.89 bits per heavy atom. The summed E-state index contributed by atoms with van der Waals surface area (Å²) >= 11 is 3.45. The Hall–Kier alpha value is -3.71. The van der Waals surface area contributed by atoms with Crippen molar-refractivity contribution in [2.75, 3.05) is 6.61 Å². The highest BCUT2D eigenvalue weighted by Gasteiger charge is 2.14. The maximum absolute atomic E-state index is 13.3. The zero-order valence-electron chi connectivity index (χ0n) is 21.1. The van der Waals surface area contributed by atoms with Gasteiger partial charge in [0, 0.05) is 16.5 Å². The van der Waals surface area contributed by atoms with Crippen LogP contribution in [0.1, 0.15) is 42.8 Å². The lowest BCUT2D eigenvalue weighted by Crippen LogP contribution is -2.22. The maximum Gasteiger partial charge on any atom is 0.282 e. The number of fused-ring (bicyclic) bond motifs is 1. The van der Waals surface area contributed by atoms with E-state index in [-0.39, 0.29) is 5.56 Å². The van der Waals surface area contributed by atoms with E-state index in [4.69, 9.17) is 14.5 Å². The fourth-order valence-electron chi connectivity index (χ4n) is 4.05. The summed E-state index contributed by atoms with van der Waals surface area (Å²) in [5, 5.41) is 5.09. The summed E-state index contributed by atoms with van der Waals surface area (Å²) in [5.74, 6) is 1.93. The van der Waals surface area contributed by atoms with Crippen LogP contribution in [-0.4, -0.2) is 22.5 Å². The normalized spacial score (nSPS) is 11.2. The molecular weight excluding hydrogens is 530 g/mol. The molecule has 190 valence electrons. The van der Waals surface area contributed by atoms with Gasteiger partial charge in [0.2, 0.25) is 0 Å². The molecule has 1 aromatic heterocycles. The number of aryl methyl sites for hydroxylation is 1. The summed E-state index contributed by atoms with van der Waals surface area (Å²) in [7, 11) is 0. The lowest BCUT2D eigenvalue weighted by molar-refractivity contribution is 0.267. The predicted molar refractivity (Wildman–Crippen MR) is 153 cm³/mol. The molecule has 37 heavy (non-hydrogen) atoms. The van der Waals surface area contributed by atoms with Crippen LogP contribution in [0, 0.1) is 0 Å². The molecule has 0 amide bonds. The third kappa shape index (κ3) is 6.35. The Kier molecular flexibility index (Phi) is 8.90. The van der Waals surface area contributed by atoms with Crippen molar-refractivity contribution in [1.29, 1.82) is 0 Å². The largest absolute Gasteiger partial charge is 0.490 e. The SMILES string of the molecule is C=CCc1cc(C=Nn2c(CCC)nc3ccc(Br)cc3c2=O)cc(OCC)c1OCc1ccccc1. The van der Waals surface area contributed by atoms with Crippen LogP contribution in [0.3, 0.4) is 0 Å². The average Bonchev–Trinajstić information content (AvgIpc) is 2.89. The van der Waals surface area contributed by atoms with E-state index >= 15 is 0 Å². The number of allylic oxidation sites excluding steroid dienone is 1. The molecule has 0 unspecified atom stereocenters. The summed E-state index contributed by atoms with van der Waals surface area (Å²) < 4.78 is 14.4. The van der Waals surface area contributed by atoms with Crippen molar-refractivity contribution in [3.63, 3.8) is 0 Å². The molecule has 0 spiro atoms. The van der Waals surface area contributed by atoms with Gasteiger partial charge >= 0.3 is 0 Å². The molecule has 0 aliphatic heterocycles. The van der Waals surface area contributed by atoms with E-state index < -0.39 is 0 Å². The van der Waals surface area contributed by atoms with Crippen molar-refractivity contribution in [1.82, 2.24) is 9.66 Å². The third-order valence-electron chi connectivity index (χ3n) is 5.72. The first-order chi connectivity index (χ1) is 18.0. The van der Waals surface area contributed by atoms with Crippen LogP contribution in [0.15, 0.2) is 87.7 Å². The number of nitrogens with zero attached hydrogens (tertiary/aromatic N) is 3. The Bertz CT molecular complexity index is 1480. The topological polar surface area (TPSA) is 65.7 Å². The van der Waals surface area contributed by atoms with Crippen LogP contribution in [0.25, 0.3) is 10.9 Å². The second-order valence-corrected chi connectivity index (χ2v) is 9.42. The van der Waals surface area contributed by atoms with Gasteiger partial charge < -0.3 is 9.47 Å². The Balaban J connectivity index is 1.75. The minimum Gasteiger partial charge on any atom is -0.490 e. The molecule has 0 saturated carbocycles. The number of benzene rings is 3. The molecule has 0 fully saturated rings. The lowest BCUT2D eigenvalue weighted by Gasteiger charge is -2.17. The van der Waals surface area contributed by atoms with E-state index in [9.17, 15) is 4.79 Å². The molecule has 4 rings (SSSR count). The van der Waals surface area contributed by atoms with Crippen LogP contribution < -0.4 is 15.0 Å².